The zero-order valence-electron chi connectivity index (χ0n) is 21.3. The van der Waals surface area contributed by atoms with Crippen LogP contribution in [0.3, 0.4) is 0 Å². The number of aryl methyl sites for hydroxylation is 6. The van der Waals surface area contributed by atoms with Gasteiger partial charge in [-0.2, -0.15) is 0 Å². The maximum Gasteiger partial charge on any atom is 0.235 e. The van der Waals surface area contributed by atoms with E-state index in [4.69, 9.17) is 0 Å². The average molecular weight is 460 g/mol. The predicted octanol–water partition coefficient (Wildman–Crippen LogP) is 6.33. The first kappa shape index (κ1) is 24.2. The summed E-state index contributed by atoms with van der Waals surface area (Å²) in [7, 11) is -0.596. The average Bonchev–Trinajstić information content (AvgIpc) is 2.79. The van der Waals surface area contributed by atoms with Crippen molar-refractivity contribution in [1.29, 1.82) is 0 Å². The fourth-order valence-corrected chi connectivity index (χ4v) is 7.34. The van der Waals surface area contributed by atoms with Crippen LogP contribution < -0.4 is 21.5 Å². The summed E-state index contributed by atoms with van der Waals surface area (Å²) in [5, 5.41) is 2.77. The Morgan fingerprint density at radius 2 is 0.882 bits per heavy atom. The molecular formula is C32H34BP. The van der Waals surface area contributed by atoms with Crippen molar-refractivity contribution in [2.24, 2.45) is 0 Å². The summed E-state index contributed by atoms with van der Waals surface area (Å²) in [6.45, 7) is 13.7. The van der Waals surface area contributed by atoms with Gasteiger partial charge in [-0.05, 0) is 60.1 Å². The standard InChI is InChI=1S/C32H34BP/c1-23-19-25(3)31(26(4)20-23)33(32-27(5)21-24(2)22-28(32)6)17-18-34(29-13-9-7-10-14-29)30-15-11-8-12-16-30/h7-22H,1-6H3/b18-17+. The smallest absolute Gasteiger partial charge is 0.104 e. The zero-order chi connectivity index (χ0) is 24.2. The van der Waals surface area contributed by atoms with Crippen molar-refractivity contribution >= 4 is 36.2 Å². The van der Waals surface area contributed by atoms with Crippen LogP contribution in [-0.2, 0) is 0 Å². The van der Waals surface area contributed by atoms with Gasteiger partial charge in [-0.15, -0.1) is 5.98 Å². The summed E-state index contributed by atoms with van der Waals surface area (Å²) in [6, 6.07) is 31.2. The molecule has 0 amide bonds. The van der Waals surface area contributed by atoms with Gasteiger partial charge in [0.1, 0.15) is 0 Å². The topological polar surface area (TPSA) is 0 Å². The van der Waals surface area contributed by atoms with Gasteiger partial charge in [-0.1, -0.05) is 135 Å². The number of benzene rings is 4. The maximum atomic E-state index is 2.49. The van der Waals surface area contributed by atoms with Crippen LogP contribution in [0.25, 0.3) is 0 Å². The Labute approximate surface area is 207 Å². The molecule has 4 rings (SSSR count). The summed E-state index contributed by atoms with van der Waals surface area (Å²) in [5.41, 5.74) is 11.0. The molecule has 0 spiro atoms. The van der Waals surface area contributed by atoms with Gasteiger partial charge in [0.05, 0.1) is 0 Å². The molecule has 0 radical (unpaired) electrons. The van der Waals surface area contributed by atoms with Crippen molar-refractivity contribution in [1.82, 2.24) is 0 Å². The Balaban J connectivity index is 1.91. The highest BCUT2D eigenvalue weighted by molar-refractivity contribution is 7.75. The fourth-order valence-electron chi connectivity index (χ4n) is 5.37. The van der Waals surface area contributed by atoms with Gasteiger partial charge < -0.3 is 0 Å². The molecule has 0 atom stereocenters. The van der Waals surface area contributed by atoms with Crippen molar-refractivity contribution in [2.45, 2.75) is 41.5 Å². The predicted molar refractivity (Wildman–Crippen MR) is 155 cm³/mol. The van der Waals surface area contributed by atoms with E-state index in [1.54, 1.807) is 0 Å². The summed E-state index contributed by atoms with van der Waals surface area (Å²) in [5.74, 6) is 4.98. The van der Waals surface area contributed by atoms with Crippen LogP contribution in [0.2, 0.25) is 0 Å². The van der Waals surface area contributed by atoms with Gasteiger partial charge in [0.25, 0.3) is 0 Å². The van der Waals surface area contributed by atoms with Crippen LogP contribution in [0.4, 0.5) is 0 Å². The minimum absolute atomic E-state index is 0.221. The van der Waals surface area contributed by atoms with Gasteiger partial charge in [0, 0.05) is 0 Å². The van der Waals surface area contributed by atoms with Gasteiger partial charge in [-0.3, -0.25) is 0 Å². The highest BCUT2D eigenvalue weighted by Gasteiger charge is 2.25. The largest absolute Gasteiger partial charge is 0.235 e. The molecule has 0 bridgehead atoms. The summed E-state index contributed by atoms with van der Waals surface area (Å²) in [4.78, 5) is 0. The summed E-state index contributed by atoms with van der Waals surface area (Å²) >= 11 is 0. The molecule has 0 aromatic heterocycles. The Morgan fingerprint density at radius 3 is 1.24 bits per heavy atom. The molecule has 0 aliphatic carbocycles. The molecule has 0 heterocycles. The molecule has 0 saturated heterocycles. The van der Waals surface area contributed by atoms with Crippen molar-refractivity contribution in [2.75, 3.05) is 0 Å². The fraction of sp³-hybridized carbons (Fsp3) is 0.188. The van der Waals surface area contributed by atoms with Crippen LogP contribution in [0.5, 0.6) is 0 Å². The van der Waals surface area contributed by atoms with E-state index >= 15 is 0 Å². The Morgan fingerprint density at radius 1 is 0.529 bits per heavy atom. The Bertz CT molecular complexity index is 1160. The van der Waals surface area contributed by atoms with Gasteiger partial charge in [0.2, 0.25) is 6.71 Å². The quantitative estimate of drug-likeness (QED) is 0.233. The highest BCUT2D eigenvalue weighted by Crippen LogP contribution is 2.35. The first-order valence-electron chi connectivity index (χ1n) is 12.1. The number of rotatable bonds is 6. The third-order valence-corrected chi connectivity index (χ3v) is 8.77. The zero-order valence-corrected chi connectivity index (χ0v) is 22.2. The lowest BCUT2D eigenvalue weighted by atomic mass is 9.38. The highest BCUT2D eigenvalue weighted by atomic mass is 31.1. The van der Waals surface area contributed by atoms with E-state index < -0.39 is 7.92 Å². The second kappa shape index (κ2) is 10.6. The summed E-state index contributed by atoms with van der Waals surface area (Å²) in [6.07, 6.45) is 0. The number of hydrogen-bond acceptors (Lipinski definition) is 0. The SMILES string of the molecule is Cc1cc(C)c(B(/C=C/P(c2ccccc2)c2ccccc2)c2c(C)cc(C)cc2C)c(C)c1. The van der Waals surface area contributed by atoms with E-state index in [2.05, 4.69) is 138 Å². The molecule has 4 aromatic rings. The van der Waals surface area contributed by atoms with Gasteiger partial charge >= 0.3 is 0 Å². The van der Waals surface area contributed by atoms with Crippen LogP contribution in [-0.4, -0.2) is 6.71 Å². The molecule has 34 heavy (non-hydrogen) atoms. The molecule has 0 aliphatic heterocycles. The molecular weight excluding hydrogens is 426 g/mol. The minimum Gasteiger partial charge on any atom is -0.104 e. The van der Waals surface area contributed by atoms with Crippen molar-refractivity contribution in [3.05, 3.63) is 130 Å². The molecule has 2 heteroatoms. The van der Waals surface area contributed by atoms with Crippen molar-refractivity contribution < 1.29 is 0 Å². The van der Waals surface area contributed by atoms with Gasteiger partial charge in [0.15, 0.2) is 0 Å². The minimum atomic E-state index is -0.596. The van der Waals surface area contributed by atoms with Gasteiger partial charge in [-0.25, -0.2) is 0 Å². The van der Waals surface area contributed by atoms with E-state index in [9.17, 15) is 0 Å². The second-order valence-electron chi connectivity index (χ2n) is 9.49. The molecule has 0 nitrogen and oxygen atoms in total. The molecule has 170 valence electrons. The molecule has 4 aromatic carbocycles. The van der Waals surface area contributed by atoms with Crippen LogP contribution in [0.15, 0.2) is 96.7 Å². The van der Waals surface area contributed by atoms with E-state index in [0.29, 0.717) is 0 Å². The Hall–Kier alpha value is -2.89. The van der Waals surface area contributed by atoms with Crippen LogP contribution in [0, 0.1) is 41.5 Å². The van der Waals surface area contributed by atoms with E-state index in [0.717, 1.165) is 0 Å². The molecule has 0 unspecified atom stereocenters. The van der Waals surface area contributed by atoms with Crippen LogP contribution >= 0.6 is 7.92 Å². The molecule has 0 N–H and O–H groups in total. The maximum absolute atomic E-state index is 2.49. The van der Waals surface area contributed by atoms with Crippen LogP contribution in [0.1, 0.15) is 33.4 Å². The first-order chi connectivity index (χ1) is 16.3. The molecule has 0 fully saturated rings. The second-order valence-corrected chi connectivity index (χ2v) is 11.6. The lowest BCUT2D eigenvalue weighted by Gasteiger charge is -2.23. The van der Waals surface area contributed by atoms with Crippen molar-refractivity contribution in [3.63, 3.8) is 0 Å². The van der Waals surface area contributed by atoms with E-state index in [-0.39, 0.29) is 6.71 Å². The Kier molecular flexibility index (Phi) is 7.55. The van der Waals surface area contributed by atoms with Crippen molar-refractivity contribution in [3.8, 4) is 0 Å². The third-order valence-electron chi connectivity index (χ3n) is 6.59. The lowest BCUT2D eigenvalue weighted by molar-refractivity contribution is 1.34. The van der Waals surface area contributed by atoms with E-state index in [1.807, 2.05) is 0 Å². The van der Waals surface area contributed by atoms with E-state index in [1.165, 1.54) is 54.9 Å². The monoisotopic (exact) mass is 460 g/mol. The normalized spacial score (nSPS) is 11.4. The third kappa shape index (κ3) is 5.26. The first-order valence-corrected chi connectivity index (χ1v) is 13.5. The summed E-state index contributed by atoms with van der Waals surface area (Å²) < 4.78 is 0. The molecule has 0 aliphatic rings. The lowest BCUT2D eigenvalue weighted by Crippen LogP contribution is -2.46. The molecule has 0 saturated carbocycles. The number of hydrogen-bond donors (Lipinski definition) is 0.